The summed E-state index contributed by atoms with van der Waals surface area (Å²) in [4.78, 5) is 23.1. The van der Waals surface area contributed by atoms with E-state index in [9.17, 15) is 17.6 Å². The van der Waals surface area contributed by atoms with Crippen LogP contribution in [0.4, 0.5) is 9.18 Å². The Morgan fingerprint density at radius 2 is 1.81 bits per heavy atom. The second-order valence-electron chi connectivity index (χ2n) is 10.5. The molecule has 0 N–H and O–H groups in total. The number of hydrogen-bond donors (Lipinski definition) is 0. The van der Waals surface area contributed by atoms with Crippen molar-refractivity contribution in [3.05, 3.63) is 42.6 Å². The molecule has 2 aliphatic heterocycles. The highest BCUT2D eigenvalue weighted by Crippen LogP contribution is 2.39. The quantitative estimate of drug-likeness (QED) is 0.510. The van der Waals surface area contributed by atoms with Crippen molar-refractivity contribution >= 4 is 27.0 Å². The Balaban J connectivity index is 1.37. The fourth-order valence-corrected chi connectivity index (χ4v) is 5.76. The molecule has 4 heterocycles. The first-order valence-electron chi connectivity index (χ1n) is 11.9. The number of aromatic nitrogens is 3. The van der Waals surface area contributed by atoms with Crippen molar-refractivity contribution in [3.63, 3.8) is 0 Å². The van der Waals surface area contributed by atoms with Crippen molar-refractivity contribution in [2.45, 2.75) is 75.1 Å². The van der Waals surface area contributed by atoms with Crippen LogP contribution in [-0.2, 0) is 14.6 Å². The van der Waals surface area contributed by atoms with Crippen LogP contribution in [0.15, 0.2) is 41.7 Å². The van der Waals surface area contributed by atoms with Gasteiger partial charge >= 0.3 is 6.09 Å². The number of carbonyl (C=O) groups is 1. The molecule has 2 bridgehead atoms. The fraction of sp³-hybridized carbons (Fsp3) is 0.480. The van der Waals surface area contributed by atoms with E-state index in [0.717, 1.165) is 25.2 Å². The molecule has 5 rings (SSSR count). The van der Waals surface area contributed by atoms with Gasteiger partial charge in [0.25, 0.3) is 0 Å². The lowest BCUT2D eigenvalue weighted by Gasteiger charge is -2.39. The Morgan fingerprint density at radius 3 is 2.42 bits per heavy atom. The molecular formula is C25H29FN4O5S. The third-order valence-corrected chi connectivity index (χ3v) is 7.73. The minimum Gasteiger partial charge on any atom is -0.474 e. The summed E-state index contributed by atoms with van der Waals surface area (Å²) in [7, 11) is -3.53. The zero-order valence-electron chi connectivity index (χ0n) is 20.6. The summed E-state index contributed by atoms with van der Waals surface area (Å²) in [6.07, 6.45) is 6.79. The van der Waals surface area contributed by atoms with E-state index in [1.54, 1.807) is 16.8 Å². The fourth-order valence-electron chi connectivity index (χ4n) is 5.12. The second-order valence-corrected chi connectivity index (χ2v) is 12.5. The van der Waals surface area contributed by atoms with Gasteiger partial charge in [0.1, 0.15) is 23.8 Å². The van der Waals surface area contributed by atoms with Crippen LogP contribution in [0.25, 0.3) is 16.7 Å². The van der Waals surface area contributed by atoms with Gasteiger partial charge < -0.3 is 14.4 Å². The second kappa shape index (κ2) is 8.72. The van der Waals surface area contributed by atoms with E-state index in [1.165, 1.54) is 18.5 Å². The third-order valence-electron chi connectivity index (χ3n) is 6.62. The number of carbonyl (C=O) groups excluding carboxylic acids is 1. The topological polar surface area (TPSA) is 104 Å². The van der Waals surface area contributed by atoms with Crippen molar-refractivity contribution in [1.29, 1.82) is 0 Å². The first-order chi connectivity index (χ1) is 16.9. The zero-order valence-corrected chi connectivity index (χ0v) is 21.5. The molecule has 1 aromatic carbocycles. The molecule has 192 valence electrons. The molecule has 3 aromatic rings. The van der Waals surface area contributed by atoms with Gasteiger partial charge in [0.05, 0.1) is 16.0 Å². The number of nitrogens with zero attached hydrogens (tertiary/aromatic N) is 4. The molecule has 9 nitrogen and oxygen atoms in total. The van der Waals surface area contributed by atoms with Crippen LogP contribution in [0.1, 0.15) is 46.5 Å². The Morgan fingerprint density at radius 1 is 1.11 bits per heavy atom. The van der Waals surface area contributed by atoms with Gasteiger partial charge in [-0.05, 0) is 57.9 Å². The van der Waals surface area contributed by atoms with Crippen LogP contribution in [0, 0.1) is 5.82 Å². The predicted molar refractivity (Wildman–Crippen MR) is 130 cm³/mol. The number of ether oxygens (including phenoxy) is 2. The van der Waals surface area contributed by atoms with Crippen LogP contribution in [0.2, 0.25) is 0 Å². The summed E-state index contributed by atoms with van der Waals surface area (Å²) >= 11 is 0. The van der Waals surface area contributed by atoms with Crippen LogP contribution in [0.5, 0.6) is 5.88 Å². The summed E-state index contributed by atoms with van der Waals surface area (Å²) in [5.41, 5.74) is 0.0692. The number of benzene rings is 1. The maximum atomic E-state index is 14.8. The Labute approximate surface area is 209 Å². The average molecular weight is 517 g/mol. The third kappa shape index (κ3) is 4.63. The molecular weight excluding hydrogens is 487 g/mol. The van der Waals surface area contributed by atoms with Gasteiger partial charge in [-0.2, -0.15) is 0 Å². The normalized spacial score (nSPS) is 22.1. The predicted octanol–water partition coefficient (Wildman–Crippen LogP) is 4.27. The Bertz CT molecular complexity index is 1420. The summed E-state index contributed by atoms with van der Waals surface area (Å²) in [6, 6.07) is 5.63. The molecule has 2 fully saturated rings. The molecule has 0 unspecified atom stereocenters. The number of sulfone groups is 1. The number of fused-ring (bicyclic) bond motifs is 3. The van der Waals surface area contributed by atoms with Gasteiger partial charge in [0.15, 0.2) is 15.5 Å². The van der Waals surface area contributed by atoms with Crippen molar-refractivity contribution in [3.8, 4) is 11.6 Å². The van der Waals surface area contributed by atoms with Crippen LogP contribution in [0.3, 0.4) is 0 Å². The van der Waals surface area contributed by atoms with E-state index < -0.39 is 21.3 Å². The molecule has 0 saturated carbocycles. The molecule has 1 amide bonds. The molecule has 2 aromatic heterocycles. The molecule has 0 aliphatic carbocycles. The maximum absolute atomic E-state index is 14.8. The van der Waals surface area contributed by atoms with Gasteiger partial charge in [-0.25, -0.2) is 27.6 Å². The van der Waals surface area contributed by atoms with E-state index in [0.29, 0.717) is 29.8 Å². The lowest BCUT2D eigenvalue weighted by atomic mass is 10.00. The molecule has 2 saturated heterocycles. The number of halogens is 1. The van der Waals surface area contributed by atoms with Gasteiger partial charge in [0, 0.05) is 37.4 Å². The molecule has 2 aliphatic rings. The summed E-state index contributed by atoms with van der Waals surface area (Å²) in [6.45, 7) is 5.59. The molecule has 36 heavy (non-hydrogen) atoms. The van der Waals surface area contributed by atoms with E-state index in [-0.39, 0.29) is 34.9 Å². The lowest BCUT2D eigenvalue weighted by Crippen LogP contribution is -2.50. The minimum atomic E-state index is -3.53. The highest BCUT2D eigenvalue weighted by Gasteiger charge is 2.45. The largest absolute Gasteiger partial charge is 0.474 e. The van der Waals surface area contributed by atoms with Gasteiger partial charge in [-0.3, -0.25) is 4.57 Å². The van der Waals surface area contributed by atoms with E-state index in [2.05, 4.69) is 9.97 Å². The zero-order chi connectivity index (χ0) is 25.8. The maximum Gasteiger partial charge on any atom is 0.410 e. The summed E-state index contributed by atoms with van der Waals surface area (Å²) in [5, 5.41) is 0.617. The summed E-state index contributed by atoms with van der Waals surface area (Å²) in [5.74, 6) is -0.287. The minimum absolute atomic E-state index is 0.0491. The molecule has 0 radical (unpaired) electrons. The van der Waals surface area contributed by atoms with Crippen molar-refractivity contribution in [1.82, 2.24) is 19.4 Å². The SMILES string of the molecule is CC(C)(C)OC(=O)N1[C@H]2CC[C@H]1CC(Oc1ncnc3c1ccn3-c1ccc(S(C)(=O)=O)cc1F)C2. The van der Waals surface area contributed by atoms with Crippen LogP contribution in [-0.4, -0.2) is 64.0 Å². The smallest absolute Gasteiger partial charge is 0.410 e. The molecule has 0 spiro atoms. The standard InChI is InChI=1S/C25H29FN4O5S/c1-25(2,3)35-24(31)30-15-5-6-16(30)12-17(11-15)34-23-19-9-10-29(22(19)27-14-28-23)21-8-7-18(13-20(21)26)36(4,32)33/h7-10,13-17H,5-6,11-12H2,1-4H3/t15-,16-/m0/s1. The first-order valence-corrected chi connectivity index (χ1v) is 13.8. The number of rotatable bonds is 4. The van der Waals surface area contributed by atoms with Crippen LogP contribution >= 0.6 is 0 Å². The molecule has 11 heteroatoms. The number of piperidine rings is 1. The number of amides is 1. The van der Waals surface area contributed by atoms with Gasteiger partial charge in [0.2, 0.25) is 5.88 Å². The highest BCUT2D eigenvalue weighted by molar-refractivity contribution is 7.90. The average Bonchev–Trinajstić information content (AvgIpc) is 3.31. The van der Waals surface area contributed by atoms with E-state index >= 15 is 0 Å². The summed E-state index contributed by atoms with van der Waals surface area (Å²) < 4.78 is 51.8. The Hall–Kier alpha value is -3.21. The van der Waals surface area contributed by atoms with Crippen molar-refractivity contribution < 1.29 is 27.1 Å². The lowest BCUT2D eigenvalue weighted by molar-refractivity contribution is -0.00741. The van der Waals surface area contributed by atoms with Crippen LogP contribution < -0.4 is 4.74 Å². The van der Waals surface area contributed by atoms with Crippen molar-refractivity contribution in [2.75, 3.05) is 6.26 Å². The van der Waals surface area contributed by atoms with E-state index in [1.807, 2.05) is 25.7 Å². The van der Waals surface area contributed by atoms with Gasteiger partial charge in [-0.1, -0.05) is 0 Å². The van der Waals surface area contributed by atoms with Gasteiger partial charge in [-0.15, -0.1) is 0 Å². The first kappa shape index (κ1) is 24.5. The van der Waals surface area contributed by atoms with Crippen molar-refractivity contribution in [2.24, 2.45) is 0 Å². The van der Waals surface area contributed by atoms with E-state index in [4.69, 9.17) is 9.47 Å². The Kier molecular flexibility index (Phi) is 5.93. The number of hydrogen-bond acceptors (Lipinski definition) is 7. The molecule has 2 atom stereocenters. The monoisotopic (exact) mass is 516 g/mol. The highest BCUT2D eigenvalue weighted by atomic mass is 32.2.